The summed E-state index contributed by atoms with van der Waals surface area (Å²) in [6.07, 6.45) is 3.22. The number of hydrogen-bond acceptors (Lipinski definition) is 7. The molecule has 2 N–H and O–H groups in total. The average molecular weight is 460 g/mol. The molecule has 9 nitrogen and oxygen atoms in total. The van der Waals surface area contributed by atoms with Gasteiger partial charge in [-0.25, -0.2) is 19.3 Å². The summed E-state index contributed by atoms with van der Waals surface area (Å²) in [5.41, 5.74) is 5.97. The number of hydrogen-bond donors (Lipinski definition) is 2. The van der Waals surface area contributed by atoms with Crippen LogP contribution >= 0.6 is 0 Å². The normalized spacial score (nSPS) is 15.2. The van der Waals surface area contributed by atoms with Crippen LogP contribution in [0.2, 0.25) is 0 Å². The summed E-state index contributed by atoms with van der Waals surface area (Å²) in [6.45, 7) is 0. The Labute approximate surface area is 197 Å². The number of rotatable bonds is 2. The maximum absolute atomic E-state index is 10.7. The van der Waals surface area contributed by atoms with Crippen LogP contribution in [0.1, 0.15) is 22.3 Å². The molecule has 0 bridgehead atoms. The fourth-order valence-electron chi connectivity index (χ4n) is 4.49. The zero-order valence-electron chi connectivity index (χ0n) is 18.1. The third-order valence-corrected chi connectivity index (χ3v) is 6.07. The zero-order valence-corrected chi connectivity index (χ0v) is 18.1. The first kappa shape index (κ1) is 19.3. The van der Waals surface area contributed by atoms with Gasteiger partial charge in [0.25, 0.3) is 11.9 Å². The molecule has 0 spiro atoms. The minimum Gasteiger partial charge on any atom is -0.480 e. The van der Waals surface area contributed by atoms with E-state index in [0.29, 0.717) is 11.4 Å². The molecule has 0 radical (unpaired) electrons. The molecule has 35 heavy (non-hydrogen) atoms. The average Bonchev–Trinajstić information content (AvgIpc) is 3.57. The predicted molar refractivity (Wildman–Crippen MR) is 130 cm³/mol. The molecule has 0 fully saturated rings. The first-order valence-corrected chi connectivity index (χ1v) is 10.9. The van der Waals surface area contributed by atoms with Crippen LogP contribution < -0.4 is 0 Å². The molecule has 0 unspecified atom stereocenters. The Hall–Kier alpha value is -5.18. The van der Waals surface area contributed by atoms with Crippen LogP contribution in [0.3, 0.4) is 0 Å². The number of aromatic nitrogens is 4. The highest BCUT2D eigenvalue weighted by atomic mass is 16.5. The minimum atomic E-state index is -0.446. The Balaban J connectivity index is 1.52. The van der Waals surface area contributed by atoms with Crippen molar-refractivity contribution in [1.29, 1.82) is 0 Å². The number of para-hydroxylation sites is 4. The third-order valence-electron chi connectivity index (χ3n) is 6.07. The first-order chi connectivity index (χ1) is 17.2. The van der Waals surface area contributed by atoms with Crippen LogP contribution in [-0.2, 0) is 0 Å². The van der Waals surface area contributed by atoms with E-state index in [0.717, 1.165) is 33.2 Å². The standard InChI is InChI=1S/C26H16N6O3/c33-25-21-22(26(34)35-25)24(30-32-14-28-18-10-4-6-12-20(18)32)16-8-2-1-7-15(16)23(21)29-31-13-27-17-9-3-5-11-19(17)31/h1-14,33-34H/b29-23-,30-24+. The molecule has 3 aromatic carbocycles. The van der Waals surface area contributed by atoms with Crippen LogP contribution in [0, 0.1) is 0 Å². The van der Waals surface area contributed by atoms with Crippen molar-refractivity contribution in [2.24, 2.45) is 10.2 Å². The lowest BCUT2D eigenvalue weighted by atomic mass is 9.85. The SMILES string of the molecule is Oc1oc(O)c2c1/C(=N\n1cnc3ccccc31)c1ccccc1/C2=N\n1cnc2ccccc21. The lowest BCUT2D eigenvalue weighted by Gasteiger charge is -2.20. The van der Waals surface area contributed by atoms with E-state index >= 15 is 0 Å². The predicted octanol–water partition coefficient (Wildman–Crippen LogP) is 4.31. The third kappa shape index (κ3) is 2.81. The van der Waals surface area contributed by atoms with E-state index in [-0.39, 0.29) is 11.1 Å². The van der Waals surface area contributed by atoms with Gasteiger partial charge in [-0.3, -0.25) is 0 Å². The van der Waals surface area contributed by atoms with E-state index in [4.69, 9.17) is 14.6 Å². The van der Waals surface area contributed by atoms with Crippen molar-refractivity contribution in [3.8, 4) is 11.9 Å². The van der Waals surface area contributed by atoms with Gasteiger partial charge in [-0.1, -0.05) is 48.5 Å². The van der Waals surface area contributed by atoms with Gasteiger partial charge in [-0.15, -0.1) is 0 Å². The van der Waals surface area contributed by atoms with E-state index in [1.54, 1.807) is 22.0 Å². The van der Waals surface area contributed by atoms with Crippen molar-refractivity contribution < 1.29 is 14.6 Å². The lowest BCUT2D eigenvalue weighted by Crippen LogP contribution is -2.22. The van der Waals surface area contributed by atoms with Crippen LogP contribution in [0.4, 0.5) is 0 Å². The van der Waals surface area contributed by atoms with E-state index in [1.807, 2.05) is 72.8 Å². The second-order valence-electron chi connectivity index (χ2n) is 8.06. The fourth-order valence-corrected chi connectivity index (χ4v) is 4.49. The van der Waals surface area contributed by atoms with Gasteiger partial charge in [0, 0.05) is 11.1 Å². The Bertz CT molecular complexity index is 1710. The molecule has 6 aromatic rings. The molecule has 0 amide bonds. The summed E-state index contributed by atoms with van der Waals surface area (Å²) < 4.78 is 8.55. The summed E-state index contributed by atoms with van der Waals surface area (Å²) in [4.78, 5) is 8.81. The second kappa shape index (κ2) is 7.16. The molecular weight excluding hydrogens is 444 g/mol. The molecular formula is C26H16N6O3. The number of nitrogens with zero attached hydrogens (tertiary/aromatic N) is 6. The highest BCUT2D eigenvalue weighted by Gasteiger charge is 2.36. The number of furan rings is 1. The Morgan fingerprint density at radius 2 is 1.03 bits per heavy atom. The van der Waals surface area contributed by atoms with E-state index in [9.17, 15) is 10.2 Å². The van der Waals surface area contributed by atoms with Crippen molar-refractivity contribution in [3.63, 3.8) is 0 Å². The number of imidazole rings is 2. The highest BCUT2D eigenvalue weighted by Crippen LogP contribution is 2.41. The summed E-state index contributed by atoms with van der Waals surface area (Å²) in [6, 6.07) is 22.8. The van der Waals surface area contributed by atoms with Crippen molar-refractivity contribution in [2.75, 3.05) is 0 Å². The largest absolute Gasteiger partial charge is 0.480 e. The molecule has 0 atom stereocenters. The summed E-state index contributed by atoms with van der Waals surface area (Å²) >= 11 is 0. The van der Waals surface area contributed by atoms with Gasteiger partial charge in [-0.05, 0) is 24.3 Å². The molecule has 1 aliphatic rings. The minimum absolute atomic E-state index is 0.252. The molecule has 7 rings (SSSR count). The molecule has 0 saturated heterocycles. The van der Waals surface area contributed by atoms with Gasteiger partial charge in [0.05, 0.1) is 22.1 Å². The van der Waals surface area contributed by atoms with Gasteiger partial charge in [0.1, 0.15) is 35.2 Å². The fraction of sp³-hybridized carbons (Fsp3) is 0. The van der Waals surface area contributed by atoms with E-state index in [1.165, 1.54) is 0 Å². The number of fused-ring (bicyclic) bond motifs is 4. The summed E-state index contributed by atoms with van der Waals surface area (Å²) in [5.74, 6) is -0.892. The molecule has 3 heterocycles. The van der Waals surface area contributed by atoms with E-state index < -0.39 is 11.9 Å². The molecule has 168 valence electrons. The van der Waals surface area contributed by atoms with E-state index in [2.05, 4.69) is 9.97 Å². The smallest absolute Gasteiger partial charge is 0.295 e. The second-order valence-corrected chi connectivity index (χ2v) is 8.06. The Morgan fingerprint density at radius 3 is 1.51 bits per heavy atom. The van der Waals surface area contributed by atoms with Crippen LogP contribution in [0.5, 0.6) is 11.9 Å². The molecule has 1 aliphatic carbocycles. The van der Waals surface area contributed by atoms with Gasteiger partial charge in [-0.2, -0.15) is 10.2 Å². The summed E-state index contributed by atoms with van der Waals surface area (Å²) in [7, 11) is 0. The highest BCUT2D eigenvalue weighted by molar-refractivity contribution is 6.33. The number of benzene rings is 3. The van der Waals surface area contributed by atoms with Gasteiger partial charge in [0.15, 0.2) is 0 Å². The quantitative estimate of drug-likeness (QED) is 0.399. The van der Waals surface area contributed by atoms with Crippen molar-refractivity contribution in [1.82, 2.24) is 19.3 Å². The number of aromatic hydroxyl groups is 2. The van der Waals surface area contributed by atoms with Crippen LogP contribution in [0.25, 0.3) is 22.1 Å². The maximum atomic E-state index is 10.7. The van der Waals surface area contributed by atoms with Crippen LogP contribution in [0.15, 0.2) is 100 Å². The Kier molecular flexibility index (Phi) is 3.95. The van der Waals surface area contributed by atoms with Crippen molar-refractivity contribution in [3.05, 3.63) is 108 Å². The first-order valence-electron chi connectivity index (χ1n) is 10.9. The van der Waals surface area contributed by atoms with Gasteiger partial charge < -0.3 is 14.6 Å². The molecule has 0 aliphatic heterocycles. The topological polar surface area (TPSA) is 114 Å². The maximum Gasteiger partial charge on any atom is 0.295 e. The molecule has 3 aromatic heterocycles. The zero-order chi connectivity index (χ0) is 23.5. The molecule has 0 saturated carbocycles. The lowest BCUT2D eigenvalue weighted by molar-refractivity contribution is 0.265. The van der Waals surface area contributed by atoms with Crippen molar-refractivity contribution in [2.45, 2.75) is 0 Å². The van der Waals surface area contributed by atoms with Gasteiger partial charge in [0.2, 0.25) is 0 Å². The summed E-state index contributed by atoms with van der Waals surface area (Å²) in [5, 5.41) is 31.1. The van der Waals surface area contributed by atoms with Crippen LogP contribution in [-0.4, -0.2) is 41.0 Å². The monoisotopic (exact) mass is 460 g/mol. The van der Waals surface area contributed by atoms with Gasteiger partial charge >= 0.3 is 0 Å². The molecule has 9 heteroatoms. The Morgan fingerprint density at radius 1 is 0.600 bits per heavy atom. The van der Waals surface area contributed by atoms with Crippen molar-refractivity contribution >= 4 is 33.5 Å².